The highest BCUT2D eigenvalue weighted by atomic mass is 32.2. The number of benzene rings is 1. The first kappa shape index (κ1) is 11.4. The zero-order chi connectivity index (χ0) is 10.4. The molecule has 0 aliphatic rings. The van der Waals surface area contributed by atoms with Crippen LogP contribution < -0.4 is 0 Å². The van der Waals surface area contributed by atoms with E-state index >= 15 is 0 Å². The van der Waals surface area contributed by atoms with E-state index in [0.29, 0.717) is 0 Å². The van der Waals surface area contributed by atoms with E-state index in [9.17, 15) is 0 Å². The monoisotopic (exact) mass is 206 g/mol. The first-order valence-electron chi connectivity index (χ1n) is 5.19. The van der Waals surface area contributed by atoms with Gasteiger partial charge in [0.1, 0.15) is 0 Å². The standard InChI is InChI=1S/C13H18S/c1-4-6-12(5-2)14-13-9-7-11(3)8-10-13/h6-10H,4-5H2,1-3H3/b12-6-. The molecular formula is C13H18S. The van der Waals surface area contributed by atoms with Crippen molar-refractivity contribution < 1.29 is 0 Å². The Bertz CT molecular complexity index is 296. The number of rotatable bonds is 4. The maximum Gasteiger partial charge on any atom is 0.0119 e. The number of hydrogen-bond donors (Lipinski definition) is 0. The topological polar surface area (TPSA) is 0 Å². The number of hydrogen-bond acceptors (Lipinski definition) is 1. The number of allylic oxidation sites excluding steroid dienone is 2. The van der Waals surface area contributed by atoms with Crippen molar-refractivity contribution >= 4 is 11.8 Å². The molecule has 76 valence electrons. The van der Waals surface area contributed by atoms with Crippen LogP contribution in [0, 0.1) is 6.92 Å². The van der Waals surface area contributed by atoms with Crippen LogP contribution in [0.4, 0.5) is 0 Å². The lowest BCUT2D eigenvalue weighted by Crippen LogP contribution is -1.77. The van der Waals surface area contributed by atoms with Gasteiger partial charge in [-0.05, 0) is 36.8 Å². The predicted octanol–water partition coefficient (Wildman–Crippen LogP) is 4.79. The molecule has 0 heterocycles. The Kier molecular flexibility index (Phi) is 4.81. The number of aryl methyl sites for hydroxylation is 1. The molecule has 0 aliphatic heterocycles. The molecule has 0 spiro atoms. The van der Waals surface area contributed by atoms with E-state index in [-0.39, 0.29) is 0 Å². The summed E-state index contributed by atoms with van der Waals surface area (Å²) in [6.07, 6.45) is 4.57. The highest BCUT2D eigenvalue weighted by molar-refractivity contribution is 8.03. The second-order valence-electron chi connectivity index (χ2n) is 3.35. The van der Waals surface area contributed by atoms with Crippen LogP contribution in [-0.4, -0.2) is 0 Å². The first-order valence-corrected chi connectivity index (χ1v) is 6.01. The zero-order valence-corrected chi connectivity index (χ0v) is 10.0. The second kappa shape index (κ2) is 5.92. The minimum Gasteiger partial charge on any atom is -0.0949 e. The molecule has 0 saturated carbocycles. The third kappa shape index (κ3) is 3.59. The quantitative estimate of drug-likeness (QED) is 0.638. The van der Waals surface area contributed by atoms with Gasteiger partial charge in [-0.3, -0.25) is 0 Å². The van der Waals surface area contributed by atoms with Crippen LogP contribution in [-0.2, 0) is 0 Å². The van der Waals surface area contributed by atoms with Crippen LogP contribution in [0.5, 0.6) is 0 Å². The van der Waals surface area contributed by atoms with Crippen LogP contribution in [0.1, 0.15) is 32.3 Å². The highest BCUT2D eigenvalue weighted by Crippen LogP contribution is 2.28. The van der Waals surface area contributed by atoms with Crippen molar-refractivity contribution in [1.82, 2.24) is 0 Å². The molecule has 1 aromatic rings. The lowest BCUT2D eigenvalue weighted by atomic mass is 10.2. The summed E-state index contributed by atoms with van der Waals surface area (Å²) in [5.74, 6) is 0. The smallest absolute Gasteiger partial charge is 0.0119 e. The Morgan fingerprint density at radius 3 is 2.36 bits per heavy atom. The third-order valence-electron chi connectivity index (χ3n) is 2.05. The molecule has 0 aromatic heterocycles. The predicted molar refractivity (Wildman–Crippen MR) is 65.7 cm³/mol. The van der Waals surface area contributed by atoms with E-state index in [2.05, 4.69) is 51.1 Å². The van der Waals surface area contributed by atoms with Gasteiger partial charge >= 0.3 is 0 Å². The average Bonchev–Trinajstić information content (AvgIpc) is 2.20. The lowest BCUT2D eigenvalue weighted by Gasteiger charge is -2.04. The van der Waals surface area contributed by atoms with Crippen molar-refractivity contribution in [2.75, 3.05) is 0 Å². The fourth-order valence-corrected chi connectivity index (χ4v) is 2.21. The average molecular weight is 206 g/mol. The Labute approximate surface area is 91.4 Å². The molecule has 14 heavy (non-hydrogen) atoms. The molecule has 1 heteroatoms. The maximum absolute atomic E-state index is 2.31. The first-order chi connectivity index (χ1) is 6.76. The Balaban J connectivity index is 2.67. The van der Waals surface area contributed by atoms with Gasteiger partial charge in [-0.15, -0.1) is 0 Å². The Hall–Kier alpha value is -0.690. The summed E-state index contributed by atoms with van der Waals surface area (Å²) < 4.78 is 0. The third-order valence-corrected chi connectivity index (χ3v) is 3.28. The van der Waals surface area contributed by atoms with Crippen molar-refractivity contribution in [3.8, 4) is 0 Å². The normalized spacial score (nSPS) is 11.8. The van der Waals surface area contributed by atoms with Crippen LogP contribution in [0.2, 0.25) is 0 Å². The molecule has 0 unspecified atom stereocenters. The molecule has 0 radical (unpaired) electrons. The van der Waals surface area contributed by atoms with Crippen LogP contribution >= 0.6 is 11.8 Å². The summed E-state index contributed by atoms with van der Waals surface area (Å²) in [5.41, 5.74) is 1.33. The van der Waals surface area contributed by atoms with E-state index in [4.69, 9.17) is 0 Å². The molecule has 0 atom stereocenters. The van der Waals surface area contributed by atoms with Crippen molar-refractivity contribution in [2.24, 2.45) is 0 Å². The van der Waals surface area contributed by atoms with Gasteiger partial charge in [0.25, 0.3) is 0 Å². The molecule has 0 saturated heterocycles. The summed E-state index contributed by atoms with van der Waals surface area (Å²) in [7, 11) is 0. The van der Waals surface area contributed by atoms with Gasteiger partial charge in [0.2, 0.25) is 0 Å². The van der Waals surface area contributed by atoms with Gasteiger partial charge in [0.05, 0.1) is 0 Å². The van der Waals surface area contributed by atoms with Crippen molar-refractivity contribution in [2.45, 2.75) is 38.5 Å². The minimum absolute atomic E-state index is 1.13. The summed E-state index contributed by atoms with van der Waals surface area (Å²) in [5, 5.41) is 0. The molecule has 0 fully saturated rings. The van der Waals surface area contributed by atoms with Crippen molar-refractivity contribution in [1.29, 1.82) is 0 Å². The Morgan fingerprint density at radius 2 is 1.86 bits per heavy atom. The van der Waals surface area contributed by atoms with Crippen LogP contribution in [0.25, 0.3) is 0 Å². The van der Waals surface area contributed by atoms with Gasteiger partial charge in [-0.25, -0.2) is 0 Å². The highest BCUT2D eigenvalue weighted by Gasteiger charge is 1.97. The van der Waals surface area contributed by atoms with Gasteiger partial charge in [-0.2, -0.15) is 0 Å². The van der Waals surface area contributed by atoms with E-state index in [1.807, 2.05) is 11.8 Å². The molecular weight excluding hydrogens is 188 g/mol. The zero-order valence-electron chi connectivity index (χ0n) is 9.21. The van der Waals surface area contributed by atoms with Gasteiger partial charge in [0.15, 0.2) is 0 Å². The summed E-state index contributed by atoms with van der Waals surface area (Å²) >= 11 is 1.88. The summed E-state index contributed by atoms with van der Waals surface area (Å²) in [6.45, 7) is 6.52. The minimum atomic E-state index is 1.13. The van der Waals surface area contributed by atoms with Gasteiger partial charge < -0.3 is 0 Å². The van der Waals surface area contributed by atoms with E-state index in [0.717, 1.165) is 12.8 Å². The Morgan fingerprint density at radius 1 is 1.21 bits per heavy atom. The van der Waals surface area contributed by atoms with E-state index < -0.39 is 0 Å². The molecule has 1 rings (SSSR count). The molecule has 0 bridgehead atoms. The van der Waals surface area contributed by atoms with Gasteiger partial charge in [-0.1, -0.05) is 49.4 Å². The van der Waals surface area contributed by atoms with Gasteiger partial charge in [0, 0.05) is 4.90 Å². The molecule has 0 N–H and O–H groups in total. The molecule has 0 amide bonds. The molecule has 0 aliphatic carbocycles. The largest absolute Gasteiger partial charge is 0.0949 e. The van der Waals surface area contributed by atoms with E-state index in [1.165, 1.54) is 15.4 Å². The number of thioether (sulfide) groups is 1. The van der Waals surface area contributed by atoms with E-state index in [1.54, 1.807) is 0 Å². The van der Waals surface area contributed by atoms with Crippen molar-refractivity contribution in [3.63, 3.8) is 0 Å². The second-order valence-corrected chi connectivity index (χ2v) is 4.55. The lowest BCUT2D eigenvalue weighted by molar-refractivity contribution is 1.14. The van der Waals surface area contributed by atoms with Crippen LogP contribution in [0.3, 0.4) is 0 Å². The molecule has 0 nitrogen and oxygen atoms in total. The van der Waals surface area contributed by atoms with Crippen molar-refractivity contribution in [3.05, 3.63) is 40.8 Å². The summed E-state index contributed by atoms with van der Waals surface area (Å²) in [4.78, 5) is 2.81. The molecule has 1 aromatic carbocycles. The fourth-order valence-electron chi connectivity index (χ4n) is 1.24. The fraction of sp³-hybridized carbons (Fsp3) is 0.385. The summed E-state index contributed by atoms with van der Waals surface area (Å²) in [6, 6.07) is 8.72. The SMILES string of the molecule is CC/C=C(/CC)Sc1ccc(C)cc1. The van der Waals surface area contributed by atoms with Crippen LogP contribution in [0.15, 0.2) is 40.1 Å². The maximum atomic E-state index is 2.31.